The molecule has 5 rings (SSSR count). The highest BCUT2D eigenvalue weighted by Gasteiger charge is 2.41. The van der Waals surface area contributed by atoms with Crippen molar-refractivity contribution in [2.24, 2.45) is 5.92 Å². The Morgan fingerprint density at radius 1 is 0.766 bits per heavy atom. The Morgan fingerprint density at radius 2 is 1.45 bits per heavy atom. The number of ether oxygens (including phenoxy) is 1. The molecule has 3 aromatic carbocycles. The monoisotopic (exact) mass is 659 g/mol. The maximum Gasteiger partial charge on any atom is 0.432 e. The highest BCUT2D eigenvalue weighted by molar-refractivity contribution is 5.72. The molecule has 1 heterocycles. The van der Waals surface area contributed by atoms with E-state index in [0.717, 1.165) is 24.8 Å². The van der Waals surface area contributed by atoms with Gasteiger partial charge in [0.1, 0.15) is 28.8 Å². The van der Waals surface area contributed by atoms with Crippen LogP contribution in [0.3, 0.4) is 0 Å². The van der Waals surface area contributed by atoms with Gasteiger partial charge in [-0.25, -0.2) is 26.3 Å². The fourth-order valence-corrected chi connectivity index (χ4v) is 6.07. The van der Waals surface area contributed by atoms with Gasteiger partial charge in [0.2, 0.25) is 0 Å². The topological polar surface area (TPSA) is 22.1 Å². The molecular formula is C37H33F8NO. The minimum Gasteiger partial charge on any atom is -0.429 e. The summed E-state index contributed by atoms with van der Waals surface area (Å²) in [5, 5.41) is 0. The quantitative estimate of drug-likeness (QED) is 0.0908. The van der Waals surface area contributed by atoms with Crippen LogP contribution in [0.1, 0.15) is 86.6 Å². The first-order chi connectivity index (χ1) is 22.4. The molecule has 0 saturated heterocycles. The summed E-state index contributed by atoms with van der Waals surface area (Å²) < 4.78 is 118. The summed E-state index contributed by atoms with van der Waals surface area (Å²) in [6, 6.07) is 9.01. The number of hydrogen-bond donors (Lipinski definition) is 0. The molecule has 0 aliphatic heterocycles. The highest BCUT2D eigenvalue weighted by atomic mass is 19.3. The molecule has 0 radical (unpaired) electrons. The molecule has 10 heteroatoms. The lowest BCUT2D eigenvalue weighted by Crippen LogP contribution is -2.25. The summed E-state index contributed by atoms with van der Waals surface area (Å²) in [5.41, 5.74) is -0.215. The second-order valence-corrected chi connectivity index (χ2v) is 11.9. The summed E-state index contributed by atoms with van der Waals surface area (Å²) in [6.45, 7) is 2.22. The van der Waals surface area contributed by atoms with Crippen molar-refractivity contribution in [3.05, 3.63) is 118 Å². The van der Waals surface area contributed by atoms with Crippen molar-refractivity contribution in [3.63, 3.8) is 0 Å². The molecule has 0 N–H and O–H groups in total. The summed E-state index contributed by atoms with van der Waals surface area (Å²) in [5.74, 6) is -9.97. The zero-order chi connectivity index (χ0) is 33.7. The molecule has 0 bridgehead atoms. The summed E-state index contributed by atoms with van der Waals surface area (Å²) in [7, 11) is 0. The van der Waals surface area contributed by atoms with Crippen LogP contribution in [0.25, 0.3) is 23.3 Å². The van der Waals surface area contributed by atoms with Crippen LogP contribution in [0.4, 0.5) is 35.1 Å². The van der Waals surface area contributed by atoms with Gasteiger partial charge in [-0.05, 0) is 84.6 Å². The van der Waals surface area contributed by atoms with E-state index in [-0.39, 0.29) is 23.3 Å². The van der Waals surface area contributed by atoms with Gasteiger partial charge in [-0.2, -0.15) is 8.78 Å². The van der Waals surface area contributed by atoms with Gasteiger partial charge in [-0.3, -0.25) is 4.98 Å². The van der Waals surface area contributed by atoms with E-state index < -0.39 is 52.3 Å². The molecule has 1 aromatic heterocycles. The average molecular weight is 660 g/mol. The number of nitrogens with zero attached hydrogens (tertiary/aromatic N) is 1. The fourth-order valence-electron chi connectivity index (χ4n) is 6.07. The SMILES string of the molecule is CCCCCC1CCC(c2ccc(/C=C/c3ccc(-c4cc(F)c(C(F)(F)Oc5cc(F)c(F)c(F)c5)c(F)c4)c(F)c3)nc2)CC1. The van der Waals surface area contributed by atoms with E-state index in [1.165, 1.54) is 56.2 Å². The zero-order valence-corrected chi connectivity index (χ0v) is 25.6. The molecule has 1 aliphatic carbocycles. The molecule has 2 nitrogen and oxygen atoms in total. The number of benzene rings is 3. The lowest BCUT2D eigenvalue weighted by molar-refractivity contribution is -0.189. The van der Waals surface area contributed by atoms with Crippen molar-refractivity contribution in [1.29, 1.82) is 0 Å². The fraction of sp³-hybridized carbons (Fsp3) is 0.324. The van der Waals surface area contributed by atoms with Crippen LogP contribution in [0.2, 0.25) is 0 Å². The lowest BCUT2D eigenvalue weighted by atomic mass is 9.77. The number of rotatable bonds is 11. The van der Waals surface area contributed by atoms with Crippen LogP contribution in [-0.4, -0.2) is 4.98 Å². The summed E-state index contributed by atoms with van der Waals surface area (Å²) >= 11 is 0. The van der Waals surface area contributed by atoms with Gasteiger partial charge in [0.15, 0.2) is 17.5 Å². The Labute approximate surface area is 268 Å². The van der Waals surface area contributed by atoms with Crippen molar-refractivity contribution >= 4 is 12.2 Å². The molecule has 0 unspecified atom stereocenters. The predicted octanol–water partition coefficient (Wildman–Crippen LogP) is 11.7. The third-order valence-corrected chi connectivity index (χ3v) is 8.63. The van der Waals surface area contributed by atoms with Crippen LogP contribution in [0.15, 0.2) is 60.8 Å². The standard InChI is InChI=1S/C37H33F8NO/c1-2-3-4-5-22-6-10-24(11-7-22)25-12-14-27(46-21-25)13-8-23-9-15-29(30(38)16-23)26-17-31(39)35(32(40)18-26)37(44,45)47-28-19-33(41)36(43)34(42)20-28/h8-9,12-22,24H,2-7,10-11H2,1H3/b13-8+. The normalized spacial score (nSPS) is 17.0. The third kappa shape index (κ3) is 8.21. The minimum atomic E-state index is -4.75. The molecular weight excluding hydrogens is 626 g/mol. The molecule has 0 atom stereocenters. The van der Waals surface area contributed by atoms with Crippen molar-refractivity contribution in [3.8, 4) is 16.9 Å². The van der Waals surface area contributed by atoms with E-state index in [0.29, 0.717) is 29.3 Å². The lowest BCUT2D eigenvalue weighted by Gasteiger charge is -2.28. The molecule has 1 saturated carbocycles. The smallest absolute Gasteiger partial charge is 0.429 e. The van der Waals surface area contributed by atoms with Crippen LogP contribution < -0.4 is 4.74 Å². The largest absolute Gasteiger partial charge is 0.432 e. The van der Waals surface area contributed by atoms with Crippen LogP contribution in [0, 0.1) is 40.8 Å². The molecule has 248 valence electrons. The van der Waals surface area contributed by atoms with E-state index in [1.54, 1.807) is 12.2 Å². The Bertz CT molecular complexity index is 1680. The number of pyridine rings is 1. The van der Waals surface area contributed by atoms with E-state index in [4.69, 9.17) is 0 Å². The number of unbranched alkanes of at least 4 members (excludes halogenated alkanes) is 2. The Balaban J connectivity index is 1.24. The van der Waals surface area contributed by atoms with E-state index >= 15 is 4.39 Å². The molecule has 0 amide bonds. The molecule has 4 aromatic rings. The summed E-state index contributed by atoms with van der Waals surface area (Å²) in [4.78, 5) is 4.53. The maximum atomic E-state index is 15.1. The van der Waals surface area contributed by atoms with Crippen LogP contribution in [-0.2, 0) is 6.11 Å². The zero-order valence-electron chi connectivity index (χ0n) is 25.6. The predicted molar refractivity (Wildman–Crippen MR) is 165 cm³/mol. The Hall–Kier alpha value is -4.21. The van der Waals surface area contributed by atoms with E-state index in [9.17, 15) is 30.7 Å². The van der Waals surface area contributed by atoms with Gasteiger partial charge < -0.3 is 4.74 Å². The first-order valence-corrected chi connectivity index (χ1v) is 15.6. The molecule has 0 spiro atoms. The number of alkyl halides is 2. The van der Waals surface area contributed by atoms with E-state index in [1.807, 2.05) is 12.3 Å². The second kappa shape index (κ2) is 14.7. The van der Waals surface area contributed by atoms with Crippen LogP contribution >= 0.6 is 0 Å². The molecule has 1 aliphatic rings. The van der Waals surface area contributed by atoms with Crippen molar-refractivity contribution in [2.75, 3.05) is 0 Å². The first-order valence-electron chi connectivity index (χ1n) is 15.6. The Kier molecular flexibility index (Phi) is 10.7. The van der Waals surface area contributed by atoms with Crippen molar-refractivity contribution in [1.82, 2.24) is 4.98 Å². The average Bonchev–Trinajstić information content (AvgIpc) is 3.02. The highest BCUT2D eigenvalue weighted by Crippen LogP contribution is 2.39. The van der Waals surface area contributed by atoms with Gasteiger partial charge in [0.25, 0.3) is 0 Å². The van der Waals surface area contributed by atoms with Gasteiger partial charge >= 0.3 is 6.11 Å². The van der Waals surface area contributed by atoms with Gasteiger partial charge in [0.05, 0.1) is 5.69 Å². The molecule has 47 heavy (non-hydrogen) atoms. The van der Waals surface area contributed by atoms with Gasteiger partial charge in [-0.1, -0.05) is 56.9 Å². The Morgan fingerprint density at radius 3 is 2.04 bits per heavy atom. The minimum absolute atomic E-state index is 0.105. The number of halogens is 8. The van der Waals surface area contributed by atoms with Crippen molar-refractivity contribution < 1.29 is 39.9 Å². The van der Waals surface area contributed by atoms with Crippen LogP contribution in [0.5, 0.6) is 5.75 Å². The third-order valence-electron chi connectivity index (χ3n) is 8.63. The summed E-state index contributed by atoms with van der Waals surface area (Å²) in [6.07, 6.45) is 10.4. The maximum absolute atomic E-state index is 15.1. The van der Waals surface area contributed by atoms with E-state index in [2.05, 4.69) is 22.7 Å². The van der Waals surface area contributed by atoms with Crippen molar-refractivity contribution in [2.45, 2.75) is 70.3 Å². The number of aromatic nitrogens is 1. The molecule has 1 fully saturated rings. The number of hydrogen-bond acceptors (Lipinski definition) is 2. The van der Waals surface area contributed by atoms with Gasteiger partial charge in [0, 0.05) is 23.9 Å². The first kappa shape index (κ1) is 34.1. The second-order valence-electron chi connectivity index (χ2n) is 11.9. The van der Waals surface area contributed by atoms with Gasteiger partial charge in [-0.15, -0.1) is 0 Å².